The van der Waals surface area contributed by atoms with Gasteiger partial charge in [-0.2, -0.15) is 0 Å². The SMILES string of the molecule is CCOc1ccc(-c2nc3ccc(Br)cn3c2N)cc1. The molecule has 0 aliphatic rings. The maximum atomic E-state index is 6.18. The van der Waals surface area contributed by atoms with Crippen molar-refractivity contribution in [1.29, 1.82) is 0 Å². The third kappa shape index (κ3) is 2.25. The van der Waals surface area contributed by atoms with Crippen LogP contribution in [-0.2, 0) is 0 Å². The van der Waals surface area contributed by atoms with E-state index in [-0.39, 0.29) is 0 Å². The molecule has 0 aliphatic carbocycles. The Morgan fingerprint density at radius 1 is 1.20 bits per heavy atom. The number of anilines is 1. The summed E-state index contributed by atoms with van der Waals surface area (Å²) in [5, 5.41) is 0. The topological polar surface area (TPSA) is 52.5 Å². The standard InChI is InChI=1S/C15H14BrN3O/c1-2-20-12-6-3-10(4-7-12)14-15(17)19-9-11(16)5-8-13(19)18-14/h3-9H,2,17H2,1H3. The van der Waals surface area contributed by atoms with Crippen LogP contribution in [0.15, 0.2) is 47.1 Å². The zero-order chi connectivity index (χ0) is 14.1. The fourth-order valence-electron chi connectivity index (χ4n) is 2.13. The van der Waals surface area contributed by atoms with Gasteiger partial charge in [0.25, 0.3) is 0 Å². The third-order valence-corrected chi connectivity index (χ3v) is 3.53. The summed E-state index contributed by atoms with van der Waals surface area (Å²) in [4.78, 5) is 4.58. The summed E-state index contributed by atoms with van der Waals surface area (Å²) in [6.45, 7) is 2.62. The van der Waals surface area contributed by atoms with Gasteiger partial charge in [0.15, 0.2) is 0 Å². The average Bonchev–Trinajstić information content (AvgIpc) is 2.77. The van der Waals surface area contributed by atoms with E-state index in [9.17, 15) is 0 Å². The number of nitrogen functional groups attached to an aromatic ring is 1. The minimum absolute atomic E-state index is 0.630. The second-order valence-electron chi connectivity index (χ2n) is 4.38. The Kier molecular flexibility index (Phi) is 3.36. The second kappa shape index (κ2) is 5.17. The highest BCUT2D eigenvalue weighted by Gasteiger charge is 2.11. The number of aromatic nitrogens is 2. The Balaban J connectivity index is 2.07. The number of halogens is 1. The Hall–Kier alpha value is -2.01. The number of rotatable bonds is 3. The van der Waals surface area contributed by atoms with Crippen LogP contribution in [0.1, 0.15) is 6.92 Å². The van der Waals surface area contributed by atoms with E-state index in [0.29, 0.717) is 12.4 Å². The van der Waals surface area contributed by atoms with E-state index < -0.39 is 0 Å². The van der Waals surface area contributed by atoms with E-state index in [1.165, 1.54) is 0 Å². The molecule has 0 unspecified atom stereocenters. The predicted octanol–water partition coefficient (Wildman–Crippen LogP) is 3.74. The number of nitrogens with zero attached hydrogens (tertiary/aromatic N) is 2. The molecule has 0 saturated heterocycles. The first-order valence-electron chi connectivity index (χ1n) is 6.35. The summed E-state index contributed by atoms with van der Waals surface area (Å²) >= 11 is 3.44. The van der Waals surface area contributed by atoms with E-state index in [0.717, 1.165) is 27.1 Å². The number of hydrogen-bond acceptors (Lipinski definition) is 3. The Morgan fingerprint density at radius 3 is 2.65 bits per heavy atom. The quantitative estimate of drug-likeness (QED) is 0.795. The molecule has 1 aromatic carbocycles. The highest BCUT2D eigenvalue weighted by molar-refractivity contribution is 9.10. The summed E-state index contributed by atoms with van der Waals surface area (Å²) in [5.41, 5.74) is 8.77. The maximum absolute atomic E-state index is 6.18. The first-order valence-corrected chi connectivity index (χ1v) is 7.14. The van der Waals surface area contributed by atoms with Crippen molar-refractivity contribution in [2.75, 3.05) is 12.3 Å². The lowest BCUT2D eigenvalue weighted by Crippen LogP contribution is -1.94. The van der Waals surface area contributed by atoms with Gasteiger partial charge in [-0.3, -0.25) is 4.40 Å². The summed E-state index contributed by atoms with van der Waals surface area (Å²) < 4.78 is 8.27. The third-order valence-electron chi connectivity index (χ3n) is 3.06. The maximum Gasteiger partial charge on any atom is 0.139 e. The van der Waals surface area contributed by atoms with Gasteiger partial charge < -0.3 is 10.5 Å². The first-order chi connectivity index (χ1) is 9.69. The molecule has 0 bridgehead atoms. The number of hydrogen-bond donors (Lipinski definition) is 1. The molecule has 20 heavy (non-hydrogen) atoms. The van der Waals surface area contributed by atoms with E-state index >= 15 is 0 Å². The molecule has 0 spiro atoms. The summed E-state index contributed by atoms with van der Waals surface area (Å²) in [6, 6.07) is 11.7. The zero-order valence-corrected chi connectivity index (χ0v) is 12.6. The number of imidazole rings is 1. The minimum Gasteiger partial charge on any atom is -0.494 e. The van der Waals surface area contributed by atoms with Gasteiger partial charge in [0.2, 0.25) is 0 Å². The fraction of sp³-hybridized carbons (Fsp3) is 0.133. The lowest BCUT2D eigenvalue weighted by atomic mass is 10.1. The van der Waals surface area contributed by atoms with Crippen LogP contribution >= 0.6 is 15.9 Å². The van der Waals surface area contributed by atoms with Gasteiger partial charge in [0.05, 0.1) is 6.61 Å². The number of nitrogens with two attached hydrogens (primary N) is 1. The molecule has 0 amide bonds. The van der Waals surface area contributed by atoms with Gasteiger partial charge in [0, 0.05) is 16.2 Å². The van der Waals surface area contributed by atoms with Crippen LogP contribution in [0.5, 0.6) is 5.75 Å². The van der Waals surface area contributed by atoms with Crippen LogP contribution in [0.3, 0.4) is 0 Å². The van der Waals surface area contributed by atoms with Crippen molar-refractivity contribution in [3.63, 3.8) is 0 Å². The number of fused-ring (bicyclic) bond motifs is 1. The fourth-order valence-corrected chi connectivity index (χ4v) is 2.46. The van der Waals surface area contributed by atoms with Crippen LogP contribution in [0.4, 0.5) is 5.82 Å². The Morgan fingerprint density at radius 2 is 1.95 bits per heavy atom. The van der Waals surface area contributed by atoms with E-state index in [1.807, 2.05) is 53.9 Å². The van der Waals surface area contributed by atoms with Gasteiger partial charge in [-0.25, -0.2) is 4.98 Å². The van der Waals surface area contributed by atoms with E-state index in [4.69, 9.17) is 10.5 Å². The molecule has 2 heterocycles. The molecule has 0 radical (unpaired) electrons. The molecular formula is C15H14BrN3O. The lowest BCUT2D eigenvalue weighted by molar-refractivity contribution is 0.340. The molecule has 2 N–H and O–H groups in total. The van der Waals surface area contributed by atoms with Gasteiger partial charge in [0.1, 0.15) is 22.9 Å². The summed E-state index contributed by atoms with van der Waals surface area (Å²) in [5.74, 6) is 1.48. The normalized spacial score (nSPS) is 10.9. The average molecular weight is 332 g/mol. The largest absolute Gasteiger partial charge is 0.494 e. The monoisotopic (exact) mass is 331 g/mol. The Labute approximate surface area is 125 Å². The van der Waals surface area contributed by atoms with Crippen molar-refractivity contribution < 1.29 is 4.74 Å². The molecule has 3 aromatic rings. The van der Waals surface area contributed by atoms with Crippen molar-refractivity contribution >= 4 is 27.4 Å². The molecule has 3 rings (SSSR count). The molecular weight excluding hydrogens is 318 g/mol. The van der Waals surface area contributed by atoms with Crippen LogP contribution in [0.2, 0.25) is 0 Å². The van der Waals surface area contributed by atoms with E-state index in [1.54, 1.807) is 0 Å². The number of benzene rings is 1. The molecule has 4 nitrogen and oxygen atoms in total. The molecule has 102 valence electrons. The number of ether oxygens (including phenoxy) is 1. The van der Waals surface area contributed by atoms with Crippen molar-refractivity contribution in [3.05, 3.63) is 47.1 Å². The molecule has 5 heteroatoms. The molecule has 0 atom stereocenters. The molecule has 0 saturated carbocycles. The van der Waals surface area contributed by atoms with Gasteiger partial charge in [-0.1, -0.05) is 0 Å². The van der Waals surface area contributed by atoms with Crippen LogP contribution in [-0.4, -0.2) is 16.0 Å². The highest BCUT2D eigenvalue weighted by atomic mass is 79.9. The minimum atomic E-state index is 0.630. The van der Waals surface area contributed by atoms with Gasteiger partial charge >= 0.3 is 0 Å². The van der Waals surface area contributed by atoms with Gasteiger partial charge in [-0.05, 0) is 59.3 Å². The van der Waals surface area contributed by atoms with Gasteiger partial charge in [-0.15, -0.1) is 0 Å². The smallest absolute Gasteiger partial charge is 0.139 e. The number of pyridine rings is 1. The summed E-state index contributed by atoms with van der Waals surface area (Å²) in [7, 11) is 0. The highest BCUT2D eigenvalue weighted by Crippen LogP contribution is 2.28. The summed E-state index contributed by atoms with van der Waals surface area (Å²) in [6.07, 6.45) is 1.91. The van der Waals surface area contributed by atoms with Crippen molar-refractivity contribution in [1.82, 2.24) is 9.38 Å². The first kappa shape index (κ1) is 13.0. The van der Waals surface area contributed by atoms with Crippen molar-refractivity contribution in [3.8, 4) is 17.0 Å². The van der Waals surface area contributed by atoms with Crippen LogP contribution < -0.4 is 10.5 Å². The molecule has 0 fully saturated rings. The zero-order valence-electron chi connectivity index (χ0n) is 11.0. The second-order valence-corrected chi connectivity index (χ2v) is 5.29. The molecule has 0 aliphatic heterocycles. The Bertz CT molecular complexity index is 750. The van der Waals surface area contributed by atoms with E-state index in [2.05, 4.69) is 20.9 Å². The van der Waals surface area contributed by atoms with Crippen LogP contribution in [0.25, 0.3) is 16.9 Å². The van der Waals surface area contributed by atoms with Crippen LogP contribution in [0, 0.1) is 0 Å². The predicted molar refractivity (Wildman–Crippen MR) is 83.9 cm³/mol. The lowest BCUT2D eigenvalue weighted by Gasteiger charge is -2.04. The van der Waals surface area contributed by atoms with Crippen molar-refractivity contribution in [2.45, 2.75) is 6.92 Å². The molecule has 2 aromatic heterocycles. The van der Waals surface area contributed by atoms with Crippen molar-refractivity contribution in [2.24, 2.45) is 0 Å².